The fourth-order valence-electron chi connectivity index (χ4n) is 2.60. The summed E-state index contributed by atoms with van der Waals surface area (Å²) < 4.78 is 27.8. The van der Waals surface area contributed by atoms with Crippen molar-refractivity contribution >= 4 is 5.91 Å². The summed E-state index contributed by atoms with van der Waals surface area (Å²) in [7, 11) is 3.47. The Hall–Kier alpha value is -1.53. The molecule has 1 unspecified atom stereocenters. The average Bonchev–Trinajstić information content (AvgIpc) is 2.95. The van der Waals surface area contributed by atoms with Crippen molar-refractivity contribution in [3.63, 3.8) is 0 Å². The van der Waals surface area contributed by atoms with Gasteiger partial charge in [0.2, 0.25) is 5.91 Å². The Morgan fingerprint density at radius 1 is 1.43 bits per heavy atom. The van der Waals surface area contributed by atoms with Gasteiger partial charge in [-0.3, -0.25) is 4.79 Å². The lowest BCUT2D eigenvalue weighted by Crippen LogP contribution is -2.43. The van der Waals surface area contributed by atoms with Crippen molar-refractivity contribution < 1.29 is 13.6 Å². The van der Waals surface area contributed by atoms with E-state index in [9.17, 15) is 13.6 Å². The number of carbonyl (C=O) groups excluding carboxylic acids is 1. The summed E-state index contributed by atoms with van der Waals surface area (Å²) in [4.78, 5) is 13.7. The van der Waals surface area contributed by atoms with Crippen LogP contribution in [0.1, 0.15) is 24.4 Å². The Labute approximate surface area is 123 Å². The van der Waals surface area contributed by atoms with E-state index in [0.29, 0.717) is 0 Å². The minimum atomic E-state index is -0.595. The van der Waals surface area contributed by atoms with Crippen LogP contribution in [0.15, 0.2) is 18.2 Å². The summed E-state index contributed by atoms with van der Waals surface area (Å²) >= 11 is 0. The lowest BCUT2D eigenvalue weighted by Gasteiger charge is -2.26. The molecule has 1 aromatic carbocycles. The molecular weight excluding hydrogens is 276 g/mol. The number of halogens is 2. The Bertz CT molecular complexity index is 481. The summed E-state index contributed by atoms with van der Waals surface area (Å²) in [5.41, 5.74) is -0.0119. The van der Waals surface area contributed by atoms with Crippen LogP contribution in [0.4, 0.5) is 8.78 Å². The molecule has 1 heterocycles. The molecule has 21 heavy (non-hydrogen) atoms. The van der Waals surface area contributed by atoms with Crippen molar-refractivity contribution in [3.8, 4) is 0 Å². The van der Waals surface area contributed by atoms with Gasteiger partial charge >= 0.3 is 0 Å². The molecule has 0 radical (unpaired) electrons. The second-order valence-electron chi connectivity index (χ2n) is 5.51. The van der Waals surface area contributed by atoms with E-state index >= 15 is 0 Å². The molecule has 116 valence electrons. The highest BCUT2D eigenvalue weighted by Gasteiger charge is 2.26. The Balaban J connectivity index is 2.07. The molecule has 1 aromatic rings. The van der Waals surface area contributed by atoms with Crippen LogP contribution >= 0.6 is 0 Å². The number of amides is 1. The predicted octanol–water partition coefficient (Wildman–Crippen LogP) is 1.44. The van der Waals surface area contributed by atoms with Gasteiger partial charge < -0.3 is 15.5 Å². The van der Waals surface area contributed by atoms with E-state index in [1.165, 1.54) is 18.2 Å². The van der Waals surface area contributed by atoms with Crippen LogP contribution in [-0.2, 0) is 4.79 Å². The molecule has 1 amide bonds. The first-order chi connectivity index (χ1) is 10.0. The monoisotopic (exact) mass is 297 g/mol. The van der Waals surface area contributed by atoms with Crippen molar-refractivity contribution in [3.05, 3.63) is 35.4 Å². The summed E-state index contributed by atoms with van der Waals surface area (Å²) in [5, 5.41) is 5.88. The van der Waals surface area contributed by atoms with Gasteiger partial charge in [-0.05, 0) is 45.6 Å². The number of likely N-dealkylation sites (N-methyl/N-ethyl adjacent to an activating group) is 1. The van der Waals surface area contributed by atoms with Crippen molar-refractivity contribution in [2.24, 2.45) is 0 Å². The maximum Gasteiger partial charge on any atom is 0.237 e. The Morgan fingerprint density at radius 3 is 2.62 bits per heavy atom. The minimum absolute atomic E-state index is 0.0119. The van der Waals surface area contributed by atoms with Gasteiger partial charge in [-0.25, -0.2) is 8.78 Å². The Morgan fingerprint density at radius 2 is 2.10 bits per heavy atom. The highest BCUT2D eigenvalue weighted by molar-refractivity contribution is 5.82. The number of rotatable bonds is 5. The standard InChI is InChI=1S/C15H21F2N3O/c1-20(2)13(14-10(16)5-3-6-11(14)17)9-19-15(21)12-7-4-8-18-12/h3,5-6,12-13,18H,4,7-9H2,1-2H3,(H,19,21)/t12-,13?/m0/s1. The number of hydrogen-bond donors (Lipinski definition) is 2. The fourth-order valence-corrected chi connectivity index (χ4v) is 2.60. The molecule has 2 N–H and O–H groups in total. The van der Waals surface area contributed by atoms with E-state index < -0.39 is 17.7 Å². The lowest BCUT2D eigenvalue weighted by molar-refractivity contribution is -0.123. The third-order valence-electron chi connectivity index (χ3n) is 3.80. The molecule has 0 aliphatic carbocycles. The SMILES string of the molecule is CN(C)C(CNC(=O)[C@@H]1CCCN1)c1c(F)cccc1F. The molecule has 1 aliphatic heterocycles. The van der Waals surface area contributed by atoms with E-state index in [-0.39, 0.29) is 24.1 Å². The minimum Gasteiger partial charge on any atom is -0.353 e. The zero-order valence-electron chi connectivity index (χ0n) is 12.3. The zero-order chi connectivity index (χ0) is 15.4. The second kappa shape index (κ2) is 6.95. The third kappa shape index (κ3) is 3.77. The largest absolute Gasteiger partial charge is 0.353 e. The molecule has 6 heteroatoms. The van der Waals surface area contributed by atoms with Crippen LogP contribution < -0.4 is 10.6 Å². The third-order valence-corrected chi connectivity index (χ3v) is 3.80. The quantitative estimate of drug-likeness (QED) is 0.864. The number of carbonyl (C=O) groups is 1. The van der Waals surface area contributed by atoms with E-state index in [2.05, 4.69) is 10.6 Å². The van der Waals surface area contributed by atoms with Gasteiger partial charge in [-0.1, -0.05) is 6.07 Å². The molecule has 1 saturated heterocycles. The molecule has 0 spiro atoms. The van der Waals surface area contributed by atoms with Gasteiger partial charge in [0.05, 0.1) is 12.1 Å². The van der Waals surface area contributed by atoms with Crippen molar-refractivity contribution in [2.45, 2.75) is 24.9 Å². The smallest absolute Gasteiger partial charge is 0.237 e. The highest BCUT2D eigenvalue weighted by atomic mass is 19.1. The maximum absolute atomic E-state index is 13.9. The molecule has 1 fully saturated rings. The van der Waals surface area contributed by atoms with Crippen molar-refractivity contribution in [1.29, 1.82) is 0 Å². The number of nitrogens with zero attached hydrogens (tertiary/aromatic N) is 1. The van der Waals surface area contributed by atoms with Crippen molar-refractivity contribution in [2.75, 3.05) is 27.2 Å². The van der Waals surface area contributed by atoms with Crippen LogP contribution in [0.5, 0.6) is 0 Å². The van der Waals surface area contributed by atoms with E-state index in [1.54, 1.807) is 19.0 Å². The molecule has 4 nitrogen and oxygen atoms in total. The first-order valence-electron chi connectivity index (χ1n) is 7.12. The van der Waals surface area contributed by atoms with Crippen LogP contribution in [0, 0.1) is 11.6 Å². The van der Waals surface area contributed by atoms with Gasteiger partial charge in [0.1, 0.15) is 11.6 Å². The summed E-state index contributed by atoms with van der Waals surface area (Å²) in [6.07, 6.45) is 1.77. The van der Waals surface area contributed by atoms with Crippen molar-refractivity contribution in [1.82, 2.24) is 15.5 Å². The molecular formula is C15H21F2N3O. The fraction of sp³-hybridized carbons (Fsp3) is 0.533. The van der Waals surface area contributed by atoms with Gasteiger partial charge in [0.25, 0.3) is 0 Å². The molecule has 0 saturated carbocycles. The molecule has 2 rings (SSSR count). The van der Waals surface area contributed by atoms with Crippen LogP contribution in [0.3, 0.4) is 0 Å². The first kappa shape index (κ1) is 15.9. The molecule has 0 aromatic heterocycles. The summed E-state index contributed by atoms with van der Waals surface area (Å²) in [6.45, 7) is 0.999. The predicted molar refractivity (Wildman–Crippen MR) is 76.8 cm³/mol. The Kier molecular flexibility index (Phi) is 5.25. The average molecular weight is 297 g/mol. The van der Waals surface area contributed by atoms with E-state index in [4.69, 9.17) is 0 Å². The van der Waals surface area contributed by atoms with Gasteiger partial charge in [0.15, 0.2) is 0 Å². The van der Waals surface area contributed by atoms with Gasteiger partial charge in [0, 0.05) is 12.1 Å². The van der Waals surface area contributed by atoms with Crippen LogP contribution in [0.25, 0.3) is 0 Å². The van der Waals surface area contributed by atoms with E-state index in [1.807, 2.05) is 0 Å². The molecule has 2 atom stereocenters. The van der Waals surface area contributed by atoms with Gasteiger partial charge in [-0.2, -0.15) is 0 Å². The summed E-state index contributed by atoms with van der Waals surface area (Å²) in [6, 6.07) is 3.06. The van der Waals surface area contributed by atoms with Crippen LogP contribution in [-0.4, -0.2) is 44.0 Å². The van der Waals surface area contributed by atoms with E-state index in [0.717, 1.165) is 19.4 Å². The molecule has 1 aliphatic rings. The molecule has 0 bridgehead atoms. The normalized spacial score (nSPS) is 19.8. The topological polar surface area (TPSA) is 44.4 Å². The number of nitrogens with one attached hydrogen (secondary N) is 2. The second-order valence-corrected chi connectivity index (χ2v) is 5.51. The summed E-state index contributed by atoms with van der Waals surface area (Å²) in [5.74, 6) is -1.31. The lowest BCUT2D eigenvalue weighted by atomic mass is 10.0. The maximum atomic E-state index is 13.9. The number of benzene rings is 1. The zero-order valence-corrected chi connectivity index (χ0v) is 12.3. The highest BCUT2D eigenvalue weighted by Crippen LogP contribution is 2.24. The van der Waals surface area contributed by atoms with Crippen LogP contribution in [0.2, 0.25) is 0 Å². The number of hydrogen-bond acceptors (Lipinski definition) is 3. The van der Waals surface area contributed by atoms with Gasteiger partial charge in [-0.15, -0.1) is 0 Å². The first-order valence-corrected chi connectivity index (χ1v) is 7.12.